The standard InChI is InChI=1S/C18H23ClN8O/c1-3-15-25-23-12-27(15)9-8-21-18(20-4-2)22-11-16-24-17(26-28-16)13-6-5-7-14(19)10-13/h5-7,10,12H,3-4,8-9,11H2,1-2H3,(H2,20,21,22). The highest BCUT2D eigenvalue weighted by molar-refractivity contribution is 6.30. The van der Waals surface area contributed by atoms with Crippen molar-refractivity contribution in [3.63, 3.8) is 0 Å². The molecule has 0 aliphatic heterocycles. The average Bonchev–Trinajstić information content (AvgIpc) is 3.35. The number of aromatic nitrogens is 5. The number of halogens is 1. The maximum absolute atomic E-state index is 6.01. The summed E-state index contributed by atoms with van der Waals surface area (Å²) < 4.78 is 7.31. The fourth-order valence-corrected chi connectivity index (χ4v) is 2.78. The summed E-state index contributed by atoms with van der Waals surface area (Å²) in [6.07, 6.45) is 2.58. The molecule has 0 spiro atoms. The normalized spacial score (nSPS) is 11.6. The molecule has 0 amide bonds. The molecule has 1 aromatic carbocycles. The highest BCUT2D eigenvalue weighted by atomic mass is 35.5. The highest BCUT2D eigenvalue weighted by Crippen LogP contribution is 2.20. The summed E-state index contributed by atoms with van der Waals surface area (Å²) in [6.45, 7) is 6.53. The van der Waals surface area contributed by atoms with E-state index in [0.717, 1.165) is 30.9 Å². The molecule has 0 saturated heterocycles. The Kier molecular flexibility index (Phi) is 6.96. The summed E-state index contributed by atoms with van der Waals surface area (Å²) in [5, 5.41) is 19.1. The lowest BCUT2D eigenvalue weighted by atomic mass is 10.2. The van der Waals surface area contributed by atoms with Crippen LogP contribution < -0.4 is 10.6 Å². The van der Waals surface area contributed by atoms with Crippen LogP contribution in [0, 0.1) is 0 Å². The average molecular weight is 403 g/mol. The molecule has 0 atom stereocenters. The first-order chi connectivity index (χ1) is 13.7. The molecule has 0 unspecified atom stereocenters. The number of hydrogen-bond acceptors (Lipinski definition) is 6. The van der Waals surface area contributed by atoms with Gasteiger partial charge < -0.3 is 19.7 Å². The number of hydrogen-bond donors (Lipinski definition) is 2. The van der Waals surface area contributed by atoms with Gasteiger partial charge in [-0.15, -0.1) is 10.2 Å². The van der Waals surface area contributed by atoms with Gasteiger partial charge in [0.25, 0.3) is 0 Å². The number of rotatable bonds is 8. The van der Waals surface area contributed by atoms with Crippen LogP contribution in [0.3, 0.4) is 0 Å². The SMILES string of the molecule is CCNC(=NCc1nc(-c2cccc(Cl)c2)no1)NCCn1cnnc1CC. The summed E-state index contributed by atoms with van der Waals surface area (Å²) in [6, 6.07) is 7.32. The van der Waals surface area contributed by atoms with Gasteiger partial charge in [0.15, 0.2) is 5.96 Å². The number of guanidine groups is 1. The molecule has 0 saturated carbocycles. The Morgan fingerprint density at radius 2 is 2.18 bits per heavy atom. The lowest BCUT2D eigenvalue weighted by Gasteiger charge is -2.11. The molecule has 28 heavy (non-hydrogen) atoms. The highest BCUT2D eigenvalue weighted by Gasteiger charge is 2.09. The first-order valence-electron chi connectivity index (χ1n) is 9.17. The number of aryl methyl sites for hydroxylation is 1. The zero-order chi connectivity index (χ0) is 19.8. The molecule has 3 aromatic rings. The van der Waals surface area contributed by atoms with Crippen LogP contribution in [0.4, 0.5) is 0 Å². The third-order valence-electron chi connectivity index (χ3n) is 3.92. The molecule has 2 N–H and O–H groups in total. The molecule has 0 radical (unpaired) electrons. The first-order valence-corrected chi connectivity index (χ1v) is 9.54. The second-order valence-corrected chi connectivity index (χ2v) is 6.37. The lowest BCUT2D eigenvalue weighted by Crippen LogP contribution is -2.38. The van der Waals surface area contributed by atoms with E-state index in [4.69, 9.17) is 16.1 Å². The van der Waals surface area contributed by atoms with Crippen LogP contribution in [-0.2, 0) is 19.5 Å². The van der Waals surface area contributed by atoms with Crippen molar-refractivity contribution in [3.05, 3.63) is 47.3 Å². The van der Waals surface area contributed by atoms with Crippen molar-refractivity contribution >= 4 is 17.6 Å². The molecule has 0 fully saturated rings. The molecular formula is C18H23ClN8O. The summed E-state index contributed by atoms with van der Waals surface area (Å²) >= 11 is 6.01. The van der Waals surface area contributed by atoms with Gasteiger partial charge in [0, 0.05) is 36.6 Å². The summed E-state index contributed by atoms with van der Waals surface area (Å²) in [5.74, 6) is 2.56. The van der Waals surface area contributed by atoms with Gasteiger partial charge in [-0.1, -0.05) is 35.8 Å². The Labute approximate surface area is 168 Å². The van der Waals surface area contributed by atoms with Crippen molar-refractivity contribution in [3.8, 4) is 11.4 Å². The second kappa shape index (κ2) is 9.84. The van der Waals surface area contributed by atoms with E-state index in [-0.39, 0.29) is 6.54 Å². The first kappa shape index (κ1) is 19.8. The van der Waals surface area contributed by atoms with E-state index >= 15 is 0 Å². The molecule has 3 rings (SSSR count). The zero-order valence-electron chi connectivity index (χ0n) is 15.9. The van der Waals surface area contributed by atoms with E-state index in [2.05, 4.69) is 42.9 Å². The predicted octanol–water partition coefficient (Wildman–Crippen LogP) is 2.30. The second-order valence-electron chi connectivity index (χ2n) is 5.94. The van der Waals surface area contributed by atoms with Crippen molar-refractivity contribution in [1.82, 2.24) is 35.5 Å². The van der Waals surface area contributed by atoms with E-state index in [0.29, 0.717) is 29.2 Å². The molecule has 2 aromatic heterocycles. The van der Waals surface area contributed by atoms with E-state index in [9.17, 15) is 0 Å². The topological polar surface area (TPSA) is 106 Å². The largest absolute Gasteiger partial charge is 0.357 e. The molecular weight excluding hydrogens is 380 g/mol. The van der Waals surface area contributed by atoms with Gasteiger partial charge in [-0.3, -0.25) is 0 Å². The fourth-order valence-electron chi connectivity index (χ4n) is 2.59. The van der Waals surface area contributed by atoms with E-state index in [1.54, 1.807) is 18.5 Å². The van der Waals surface area contributed by atoms with Gasteiger partial charge in [0.05, 0.1) is 0 Å². The van der Waals surface area contributed by atoms with Crippen molar-refractivity contribution in [2.24, 2.45) is 4.99 Å². The maximum Gasteiger partial charge on any atom is 0.248 e. The van der Waals surface area contributed by atoms with Crippen molar-refractivity contribution < 1.29 is 4.52 Å². The summed E-state index contributed by atoms with van der Waals surface area (Å²) in [4.78, 5) is 8.88. The molecule has 2 heterocycles. The number of aliphatic imine (C=N–C) groups is 1. The zero-order valence-corrected chi connectivity index (χ0v) is 16.6. The predicted molar refractivity (Wildman–Crippen MR) is 107 cm³/mol. The van der Waals surface area contributed by atoms with E-state index in [1.165, 1.54) is 0 Å². The van der Waals surface area contributed by atoms with Gasteiger partial charge >= 0.3 is 0 Å². The summed E-state index contributed by atoms with van der Waals surface area (Å²) in [5.41, 5.74) is 0.803. The molecule has 0 bridgehead atoms. The van der Waals surface area contributed by atoms with E-state index in [1.807, 2.05) is 23.6 Å². The molecule has 0 aliphatic rings. The third kappa shape index (κ3) is 5.29. The van der Waals surface area contributed by atoms with Crippen molar-refractivity contribution in [2.45, 2.75) is 33.4 Å². The van der Waals surface area contributed by atoms with Crippen LogP contribution in [0.15, 0.2) is 40.1 Å². The van der Waals surface area contributed by atoms with Gasteiger partial charge in [0.1, 0.15) is 18.7 Å². The Morgan fingerprint density at radius 1 is 1.29 bits per heavy atom. The van der Waals surface area contributed by atoms with Gasteiger partial charge in [-0.25, -0.2) is 4.99 Å². The van der Waals surface area contributed by atoms with Crippen molar-refractivity contribution in [2.75, 3.05) is 13.1 Å². The summed E-state index contributed by atoms with van der Waals surface area (Å²) in [7, 11) is 0. The van der Waals surface area contributed by atoms with Crippen LogP contribution in [0.25, 0.3) is 11.4 Å². The third-order valence-corrected chi connectivity index (χ3v) is 4.16. The van der Waals surface area contributed by atoms with Gasteiger partial charge in [-0.05, 0) is 19.1 Å². The molecule has 0 aliphatic carbocycles. The minimum Gasteiger partial charge on any atom is -0.357 e. The minimum atomic E-state index is 0.274. The van der Waals surface area contributed by atoms with Crippen LogP contribution in [0.2, 0.25) is 5.02 Å². The van der Waals surface area contributed by atoms with Gasteiger partial charge in [0.2, 0.25) is 11.7 Å². The Bertz CT molecular complexity index is 920. The Morgan fingerprint density at radius 3 is 2.96 bits per heavy atom. The smallest absolute Gasteiger partial charge is 0.248 e. The molecule has 10 heteroatoms. The van der Waals surface area contributed by atoms with Crippen molar-refractivity contribution in [1.29, 1.82) is 0 Å². The Balaban J connectivity index is 1.58. The van der Waals surface area contributed by atoms with Crippen LogP contribution in [-0.4, -0.2) is 44.0 Å². The fraction of sp³-hybridized carbons (Fsp3) is 0.389. The Hall–Kier alpha value is -2.94. The van der Waals surface area contributed by atoms with Gasteiger partial charge in [-0.2, -0.15) is 4.98 Å². The molecule has 148 valence electrons. The molecule has 9 nitrogen and oxygen atoms in total. The number of benzene rings is 1. The minimum absolute atomic E-state index is 0.274. The number of nitrogens with zero attached hydrogens (tertiary/aromatic N) is 6. The quantitative estimate of drug-likeness (QED) is 0.439. The van der Waals surface area contributed by atoms with Crippen LogP contribution in [0.1, 0.15) is 25.6 Å². The van der Waals surface area contributed by atoms with E-state index < -0.39 is 0 Å². The van der Waals surface area contributed by atoms with Crippen LogP contribution >= 0.6 is 11.6 Å². The van der Waals surface area contributed by atoms with Crippen LogP contribution in [0.5, 0.6) is 0 Å². The number of nitrogens with one attached hydrogen (secondary N) is 2. The lowest BCUT2D eigenvalue weighted by molar-refractivity contribution is 0.380. The maximum atomic E-state index is 6.01. The monoisotopic (exact) mass is 402 g/mol.